The minimum Gasteiger partial charge on any atom is -0.497 e. The molecule has 0 radical (unpaired) electrons. The van der Waals surface area contributed by atoms with Crippen molar-refractivity contribution < 1.29 is 14.3 Å². The van der Waals surface area contributed by atoms with E-state index < -0.39 is 0 Å². The molecule has 3 rings (SSSR count). The van der Waals surface area contributed by atoms with E-state index in [9.17, 15) is 4.79 Å². The van der Waals surface area contributed by atoms with Crippen LogP contribution < -0.4 is 14.4 Å². The van der Waals surface area contributed by atoms with Crippen LogP contribution in [-0.2, 0) is 6.54 Å². The third-order valence-corrected chi connectivity index (χ3v) is 4.71. The highest BCUT2D eigenvalue weighted by Gasteiger charge is 2.33. The fraction of sp³-hybridized carbons (Fsp3) is 0.381. The minimum atomic E-state index is 0.0580. The van der Waals surface area contributed by atoms with Gasteiger partial charge >= 0.3 is 0 Å². The fourth-order valence-electron chi connectivity index (χ4n) is 3.01. The topological polar surface area (TPSA) is 42.0 Å². The van der Waals surface area contributed by atoms with Gasteiger partial charge in [-0.1, -0.05) is 0 Å². The summed E-state index contributed by atoms with van der Waals surface area (Å²) in [6.07, 6.45) is 2.10. The summed E-state index contributed by atoms with van der Waals surface area (Å²) in [7, 11) is 7.26. The Bertz CT molecular complexity index is 767. The van der Waals surface area contributed by atoms with Gasteiger partial charge in [0.05, 0.1) is 20.8 Å². The van der Waals surface area contributed by atoms with E-state index in [0.29, 0.717) is 18.2 Å². The van der Waals surface area contributed by atoms with E-state index in [1.807, 2.05) is 66.4 Å². The highest BCUT2D eigenvalue weighted by Crippen LogP contribution is 2.33. The van der Waals surface area contributed by atoms with Crippen LogP contribution in [0.5, 0.6) is 11.5 Å². The van der Waals surface area contributed by atoms with E-state index in [0.717, 1.165) is 35.6 Å². The zero-order valence-electron chi connectivity index (χ0n) is 15.9. The molecular weight excluding hydrogens is 328 g/mol. The highest BCUT2D eigenvalue weighted by atomic mass is 16.5. The Labute approximate surface area is 155 Å². The lowest BCUT2D eigenvalue weighted by atomic mass is 10.1. The molecule has 2 aromatic carbocycles. The van der Waals surface area contributed by atoms with Gasteiger partial charge in [0, 0.05) is 37.0 Å². The minimum absolute atomic E-state index is 0.0580. The Kier molecular flexibility index (Phi) is 5.35. The lowest BCUT2D eigenvalue weighted by molar-refractivity contribution is 0.0728. The van der Waals surface area contributed by atoms with E-state index in [2.05, 4.69) is 0 Å². The third-order valence-electron chi connectivity index (χ3n) is 4.71. The molecule has 0 N–H and O–H groups in total. The quantitative estimate of drug-likeness (QED) is 0.762. The summed E-state index contributed by atoms with van der Waals surface area (Å²) in [6, 6.07) is 13.7. The summed E-state index contributed by atoms with van der Waals surface area (Å²) in [5.74, 6) is 1.59. The Balaban J connectivity index is 1.84. The highest BCUT2D eigenvalue weighted by molar-refractivity contribution is 5.95. The van der Waals surface area contributed by atoms with E-state index in [-0.39, 0.29) is 5.91 Å². The van der Waals surface area contributed by atoms with Crippen molar-refractivity contribution in [3.63, 3.8) is 0 Å². The van der Waals surface area contributed by atoms with Crippen molar-refractivity contribution in [3.05, 3.63) is 53.6 Å². The van der Waals surface area contributed by atoms with Crippen molar-refractivity contribution in [2.45, 2.75) is 25.4 Å². The molecule has 0 saturated heterocycles. The first-order chi connectivity index (χ1) is 12.5. The van der Waals surface area contributed by atoms with Gasteiger partial charge in [0.15, 0.2) is 0 Å². The van der Waals surface area contributed by atoms with Crippen LogP contribution in [0.4, 0.5) is 5.69 Å². The van der Waals surface area contributed by atoms with Gasteiger partial charge < -0.3 is 19.3 Å². The third kappa shape index (κ3) is 3.93. The lowest BCUT2D eigenvalue weighted by Gasteiger charge is -2.24. The molecule has 26 heavy (non-hydrogen) atoms. The average molecular weight is 354 g/mol. The molecule has 0 atom stereocenters. The summed E-state index contributed by atoms with van der Waals surface area (Å²) in [6.45, 7) is 0.513. The van der Waals surface area contributed by atoms with E-state index in [4.69, 9.17) is 9.47 Å². The van der Waals surface area contributed by atoms with Crippen LogP contribution in [-0.4, -0.2) is 45.2 Å². The largest absolute Gasteiger partial charge is 0.497 e. The summed E-state index contributed by atoms with van der Waals surface area (Å²) < 4.78 is 10.8. The summed E-state index contributed by atoms with van der Waals surface area (Å²) in [4.78, 5) is 17.1. The molecule has 1 aliphatic carbocycles. The SMILES string of the molecule is COc1ccc(OC)c(CN(C(=O)c2ccc(N(C)C)cc2)C2CC2)c1. The van der Waals surface area contributed by atoms with Gasteiger partial charge in [-0.2, -0.15) is 0 Å². The lowest BCUT2D eigenvalue weighted by Crippen LogP contribution is -2.32. The number of hydrogen-bond donors (Lipinski definition) is 0. The number of anilines is 1. The number of rotatable bonds is 7. The molecule has 0 spiro atoms. The Hall–Kier alpha value is -2.69. The Morgan fingerprint density at radius 2 is 1.73 bits per heavy atom. The Morgan fingerprint density at radius 1 is 1.04 bits per heavy atom. The van der Waals surface area contributed by atoms with Crippen molar-refractivity contribution in [2.75, 3.05) is 33.2 Å². The van der Waals surface area contributed by atoms with Crippen molar-refractivity contribution in [2.24, 2.45) is 0 Å². The van der Waals surface area contributed by atoms with Crippen LogP contribution in [0.25, 0.3) is 0 Å². The molecule has 5 heteroatoms. The van der Waals surface area contributed by atoms with Crippen LogP contribution in [0.3, 0.4) is 0 Å². The maximum Gasteiger partial charge on any atom is 0.254 e. The fourth-order valence-corrected chi connectivity index (χ4v) is 3.01. The number of methoxy groups -OCH3 is 2. The molecule has 0 unspecified atom stereocenters. The average Bonchev–Trinajstić information content (AvgIpc) is 3.50. The van der Waals surface area contributed by atoms with Crippen molar-refractivity contribution >= 4 is 11.6 Å². The second-order valence-electron chi connectivity index (χ2n) is 6.78. The number of benzene rings is 2. The van der Waals surface area contributed by atoms with Crippen molar-refractivity contribution in [1.29, 1.82) is 0 Å². The molecule has 0 aliphatic heterocycles. The zero-order valence-corrected chi connectivity index (χ0v) is 15.9. The molecule has 1 aliphatic rings. The predicted octanol–water partition coefficient (Wildman–Crippen LogP) is 3.57. The monoisotopic (exact) mass is 354 g/mol. The van der Waals surface area contributed by atoms with Gasteiger partial charge in [0.1, 0.15) is 11.5 Å². The van der Waals surface area contributed by atoms with E-state index >= 15 is 0 Å². The molecule has 138 valence electrons. The van der Waals surface area contributed by atoms with Crippen LogP contribution in [0.15, 0.2) is 42.5 Å². The van der Waals surface area contributed by atoms with Gasteiger partial charge in [-0.3, -0.25) is 4.79 Å². The standard InChI is InChI=1S/C21H26N2O3/c1-22(2)17-7-5-15(6-8-17)21(24)23(18-9-10-18)14-16-13-19(25-3)11-12-20(16)26-4/h5-8,11-13,18H,9-10,14H2,1-4H3. The normalized spacial score (nSPS) is 13.2. The van der Waals surface area contributed by atoms with Crippen LogP contribution in [0.2, 0.25) is 0 Å². The molecule has 2 aromatic rings. The summed E-state index contributed by atoms with van der Waals surface area (Å²) in [5.41, 5.74) is 2.75. The van der Waals surface area contributed by atoms with E-state index in [1.165, 1.54) is 0 Å². The molecule has 0 aromatic heterocycles. The molecule has 0 bridgehead atoms. The molecular formula is C21H26N2O3. The number of carbonyl (C=O) groups is 1. The Morgan fingerprint density at radius 3 is 2.27 bits per heavy atom. The number of carbonyl (C=O) groups excluding carboxylic acids is 1. The first-order valence-corrected chi connectivity index (χ1v) is 8.82. The number of nitrogens with zero attached hydrogens (tertiary/aromatic N) is 2. The molecule has 1 fully saturated rings. The zero-order chi connectivity index (χ0) is 18.7. The van der Waals surface area contributed by atoms with Gasteiger partial charge in [0.25, 0.3) is 5.91 Å². The first-order valence-electron chi connectivity index (χ1n) is 8.82. The van der Waals surface area contributed by atoms with E-state index in [1.54, 1.807) is 14.2 Å². The van der Waals surface area contributed by atoms with Crippen LogP contribution in [0.1, 0.15) is 28.8 Å². The smallest absolute Gasteiger partial charge is 0.254 e. The summed E-state index contributed by atoms with van der Waals surface area (Å²) in [5, 5.41) is 0. The van der Waals surface area contributed by atoms with Gasteiger partial charge in [-0.25, -0.2) is 0 Å². The maximum atomic E-state index is 13.1. The predicted molar refractivity (Wildman–Crippen MR) is 103 cm³/mol. The molecule has 5 nitrogen and oxygen atoms in total. The number of hydrogen-bond acceptors (Lipinski definition) is 4. The van der Waals surface area contributed by atoms with Crippen molar-refractivity contribution in [1.82, 2.24) is 4.90 Å². The second kappa shape index (κ2) is 7.68. The van der Waals surface area contributed by atoms with Gasteiger partial charge in [-0.15, -0.1) is 0 Å². The van der Waals surface area contributed by atoms with Gasteiger partial charge in [0.2, 0.25) is 0 Å². The summed E-state index contributed by atoms with van der Waals surface area (Å²) >= 11 is 0. The first kappa shape index (κ1) is 18.1. The van der Waals surface area contributed by atoms with Gasteiger partial charge in [-0.05, 0) is 55.3 Å². The maximum absolute atomic E-state index is 13.1. The number of amides is 1. The molecule has 1 amide bonds. The molecule has 0 heterocycles. The van der Waals surface area contributed by atoms with Crippen molar-refractivity contribution in [3.8, 4) is 11.5 Å². The van der Waals surface area contributed by atoms with Crippen LogP contribution in [0, 0.1) is 0 Å². The second-order valence-corrected chi connectivity index (χ2v) is 6.78. The number of ether oxygens (including phenoxy) is 2. The molecule has 1 saturated carbocycles. The van der Waals surface area contributed by atoms with Crippen LogP contribution >= 0.6 is 0 Å².